The van der Waals surface area contributed by atoms with E-state index in [0.29, 0.717) is 6.42 Å². The van der Waals surface area contributed by atoms with Gasteiger partial charge in [-0.25, -0.2) is 0 Å². The number of H-pyrrole nitrogens is 1. The Morgan fingerprint density at radius 3 is 2.81 bits per heavy atom. The normalized spacial score (nSPS) is 12.9. The number of carboxylic acid groups (broad SMARTS) is 1. The lowest BCUT2D eigenvalue weighted by Crippen LogP contribution is -2.10. The summed E-state index contributed by atoms with van der Waals surface area (Å²) in [5.41, 5.74) is 3.03. The largest absolute Gasteiger partial charge is 0.481 e. The highest BCUT2D eigenvalue weighted by molar-refractivity contribution is 5.84. The number of carbonyl (C=O) groups is 1. The zero-order chi connectivity index (χ0) is 11.7. The lowest BCUT2D eigenvalue weighted by molar-refractivity contribution is -0.138. The molecule has 0 aliphatic rings. The molecule has 0 saturated heterocycles. The molecule has 0 aliphatic carbocycles. The average Bonchev–Trinajstić information content (AvgIpc) is 2.57. The van der Waals surface area contributed by atoms with Gasteiger partial charge in [-0.3, -0.25) is 4.79 Å². The van der Waals surface area contributed by atoms with Gasteiger partial charge < -0.3 is 10.1 Å². The molecule has 3 nitrogen and oxygen atoms in total. The van der Waals surface area contributed by atoms with E-state index >= 15 is 0 Å². The third-order valence-corrected chi connectivity index (χ3v) is 2.89. The van der Waals surface area contributed by atoms with Gasteiger partial charge in [-0.2, -0.15) is 0 Å². The van der Waals surface area contributed by atoms with Crippen LogP contribution < -0.4 is 0 Å². The summed E-state index contributed by atoms with van der Waals surface area (Å²) in [5.74, 6) is -1.16. The zero-order valence-electron chi connectivity index (χ0n) is 9.45. The van der Waals surface area contributed by atoms with Gasteiger partial charge >= 0.3 is 5.97 Å². The van der Waals surface area contributed by atoms with Crippen molar-refractivity contribution in [3.05, 3.63) is 35.5 Å². The van der Waals surface area contributed by atoms with Crippen LogP contribution in [0.15, 0.2) is 24.3 Å². The van der Waals surface area contributed by atoms with Gasteiger partial charge in [0.25, 0.3) is 0 Å². The molecular formula is C13H15NO2. The number of benzene rings is 1. The Bertz CT molecular complexity index is 528. The lowest BCUT2D eigenvalue weighted by Gasteiger charge is -2.09. The number of aliphatic carboxylic acids is 1. The molecule has 16 heavy (non-hydrogen) atoms. The van der Waals surface area contributed by atoms with Gasteiger partial charge in [-0.15, -0.1) is 0 Å². The van der Waals surface area contributed by atoms with Crippen molar-refractivity contribution in [1.29, 1.82) is 0 Å². The maximum absolute atomic E-state index is 11.1. The third kappa shape index (κ3) is 1.81. The van der Waals surface area contributed by atoms with Crippen molar-refractivity contribution in [3.63, 3.8) is 0 Å². The van der Waals surface area contributed by atoms with Crippen molar-refractivity contribution >= 4 is 16.9 Å². The minimum atomic E-state index is -0.755. The zero-order valence-corrected chi connectivity index (χ0v) is 9.45. The predicted octanol–water partition coefficient (Wildman–Crippen LogP) is 3.05. The van der Waals surface area contributed by atoms with Gasteiger partial charge in [0.15, 0.2) is 0 Å². The molecule has 1 aromatic heterocycles. The summed E-state index contributed by atoms with van der Waals surface area (Å²) >= 11 is 0. The Morgan fingerprint density at radius 2 is 2.19 bits per heavy atom. The highest BCUT2D eigenvalue weighted by Gasteiger charge is 2.17. The molecule has 2 N–H and O–H groups in total. The molecule has 0 bridgehead atoms. The first kappa shape index (κ1) is 10.7. The summed E-state index contributed by atoms with van der Waals surface area (Å²) in [4.78, 5) is 14.3. The Labute approximate surface area is 94.1 Å². The molecule has 84 valence electrons. The smallest absolute Gasteiger partial charge is 0.310 e. The van der Waals surface area contributed by atoms with E-state index in [1.807, 2.05) is 38.1 Å². The van der Waals surface area contributed by atoms with Gasteiger partial charge in [-0.1, -0.05) is 13.0 Å². The van der Waals surface area contributed by atoms with Gasteiger partial charge in [0.2, 0.25) is 0 Å². The number of hydrogen-bond donors (Lipinski definition) is 2. The van der Waals surface area contributed by atoms with Crippen molar-refractivity contribution in [2.45, 2.75) is 26.2 Å². The summed E-state index contributed by atoms with van der Waals surface area (Å²) < 4.78 is 0. The Kier molecular flexibility index (Phi) is 2.69. The summed E-state index contributed by atoms with van der Waals surface area (Å²) in [6.45, 7) is 3.89. The first-order chi connectivity index (χ1) is 7.61. The van der Waals surface area contributed by atoms with Crippen molar-refractivity contribution in [2.24, 2.45) is 0 Å². The van der Waals surface area contributed by atoms with Gasteiger partial charge in [0.05, 0.1) is 5.92 Å². The highest BCUT2D eigenvalue weighted by atomic mass is 16.4. The van der Waals surface area contributed by atoms with E-state index in [9.17, 15) is 4.79 Å². The minimum absolute atomic E-state index is 0.403. The van der Waals surface area contributed by atoms with E-state index in [-0.39, 0.29) is 0 Å². The average molecular weight is 217 g/mol. The fourth-order valence-corrected chi connectivity index (χ4v) is 2.07. The first-order valence-electron chi connectivity index (χ1n) is 5.44. The van der Waals surface area contributed by atoms with Crippen LogP contribution in [0.25, 0.3) is 10.9 Å². The van der Waals surface area contributed by atoms with Crippen LogP contribution in [-0.2, 0) is 4.79 Å². The molecule has 1 unspecified atom stereocenters. The Balaban J connectivity index is 2.48. The number of hydrogen-bond acceptors (Lipinski definition) is 1. The van der Waals surface area contributed by atoms with E-state index in [1.54, 1.807) is 0 Å². The first-order valence-corrected chi connectivity index (χ1v) is 5.44. The van der Waals surface area contributed by atoms with Crippen molar-refractivity contribution in [3.8, 4) is 0 Å². The third-order valence-electron chi connectivity index (χ3n) is 2.89. The number of aromatic nitrogens is 1. The van der Waals surface area contributed by atoms with Crippen molar-refractivity contribution < 1.29 is 9.90 Å². The van der Waals surface area contributed by atoms with Gasteiger partial charge in [-0.05, 0) is 42.5 Å². The monoisotopic (exact) mass is 217 g/mol. The number of carboxylic acids is 1. The maximum atomic E-state index is 11.1. The van der Waals surface area contributed by atoms with Crippen LogP contribution in [0.2, 0.25) is 0 Å². The molecule has 0 radical (unpaired) electrons. The molecule has 0 saturated carbocycles. The van der Waals surface area contributed by atoms with E-state index in [4.69, 9.17) is 5.11 Å². The summed E-state index contributed by atoms with van der Waals surface area (Å²) in [7, 11) is 0. The molecule has 1 heterocycles. The quantitative estimate of drug-likeness (QED) is 0.830. The Hall–Kier alpha value is -1.77. The number of aryl methyl sites for hydroxylation is 1. The molecule has 2 aromatic rings. The molecule has 0 spiro atoms. The maximum Gasteiger partial charge on any atom is 0.310 e. The van der Waals surface area contributed by atoms with Crippen LogP contribution in [0.1, 0.15) is 30.5 Å². The summed E-state index contributed by atoms with van der Waals surface area (Å²) in [5, 5.41) is 10.2. The number of nitrogens with one attached hydrogen (secondary N) is 1. The second kappa shape index (κ2) is 4.00. The highest BCUT2D eigenvalue weighted by Crippen LogP contribution is 2.24. The molecule has 2 rings (SSSR count). The van der Waals surface area contributed by atoms with Crippen molar-refractivity contribution in [2.75, 3.05) is 0 Å². The fourth-order valence-electron chi connectivity index (χ4n) is 2.07. The number of aromatic amines is 1. The second-order valence-corrected chi connectivity index (χ2v) is 4.10. The van der Waals surface area contributed by atoms with E-state index in [0.717, 1.165) is 22.2 Å². The molecule has 0 amide bonds. The SMILES string of the molecule is CCC(C(=O)O)c1ccc2[nH]c(C)cc2c1. The van der Waals surface area contributed by atoms with E-state index in [2.05, 4.69) is 4.98 Å². The topological polar surface area (TPSA) is 53.1 Å². The Morgan fingerprint density at radius 1 is 1.44 bits per heavy atom. The minimum Gasteiger partial charge on any atom is -0.481 e. The van der Waals surface area contributed by atoms with Crippen LogP contribution in [0.3, 0.4) is 0 Å². The number of fused-ring (bicyclic) bond motifs is 1. The second-order valence-electron chi connectivity index (χ2n) is 4.10. The van der Waals surface area contributed by atoms with Crippen LogP contribution in [-0.4, -0.2) is 16.1 Å². The summed E-state index contributed by atoms with van der Waals surface area (Å²) in [6, 6.07) is 7.83. The molecule has 1 atom stereocenters. The summed E-state index contributed by atoms with van der Waals surface area (Å²) in [6.07, 6.45) is 0.615. The number of rotatable bonds is 3. The molecule has 0 aliphatic heterocycles. The molecule has 3 heteroatoms. The predicted molar refractivity (Wildman–Crippen MR) is 63.7 cm³/mol. The van der Waals surface area contributed by atoms with E-state index in [1.165, 1.54) is 0 Å². The van der Waals surface area contributed by atoms with E-state index < -0.39 is 11.9 Å². The van der Waals surface area contributed by atoms with Crippen LogP contribution >= 0.6 is 0 Å². The van der Waals surface area contributed by atoms with Gasteiger partial charge in [0.1, 0.15) is 0 Å². The van der Waals surface area contributed by atoms with Crippen molar-refractivity contribution in [1.82, 2.24) is 4.98 Å². The molecule has 0 fully saturated rings. The fraction of sp³-hybridized carbons (Fsp3) is 0.308. The van der Waals surface area contributed by atoms with Crippen LogP contribution in [0, 0.1) is 6.92 Å². The van der Waals surface area contributed by atoms with Gasteiger partial charge in [0, 0.05) is 11.2 Å². The molecule has 1 aromatic carbocycles. The standard InChI is InChI=1S/C13H15NO2/c1-3-11(13(15)16)9-4-5-12-10(7-9)6-8(2)14-12/h4-7,11,14H,3H2,1-2H3,(H,15,16). The molecular weight excluding hydrogens is 202 g/mol. The van der Waals surface area contributed by atoms with Crippen LogP contribution in [0.4, 0.5) is 0 Å². The van der Waals surface area contributed by atoms with Crippen LogP contribution in [0.5, 0.6) is 0 Å². The lowest BCUT2D eigenvalue weighted by atomic mass is 9.96.